The molecule has 0 saturated carbocycles. The van der Waals surface area contributed by atoms with Crippen LogP contribution < -0.4 is 16.1 Å². The summed E-state index contributed by atoms with van der Waals surface area (Å²) in [5, 5.41) is 5.93. The Hall–Kier alpha value is -4.54. The van der Waals surface area contributed by atoms with Crippen molar-refractivity contribution in [2.75, 3.05) is 45.0 Å². The SMILES string of the molecule is COC(=O)c1ccc2c(c1)NC(=O)/C2=C(\Nc1ccc(C(=O)NOCCN(C)C)c(F)c1)c1ccccc1. The van der Waals surface area contributed by atoms with Crippen LogP contribution in [-0.4, -0.2) is 57.0 Å². The Balaban J connectivity index is 1.66. The smallest absolute Gasteiger partial charge is 0.337 e. The molecule has 0 aliphatic carbocycles. The second-order valence-corrected chi connectivity index (χ2v) is 8.72. The lowest BCUT2D eigenvalue weighted by atomic mass is 9.99. The van der Waals surface area contributed by atoms with E-state index in [9.17, 15) is 18.8 Å². The Bertz CT molecular complexity index is 1410. The molecule has 0 fully saturated rings. The quantitative estimate of drug-likeness (QED) is 0.171. The average Bonchev–Trinajstić information content (AvgIpc) is 3.24. The molecular formula is C28H27FN4O5. The number of hydrogen-bond acceptors (Lipinski definition) is 7. The minimum Gasteiger partial charge on any atom is -0.465 e. The summed E-state index contributed by atoms with van der Waals surface area (Å²) in [7, 11) is 5.01. The highest BCUT2D eigenvalue weighted by atomic mass is 19.1. The Morgan fingerprint density at radius 1 is 1.00 bits per heavy atom. The maximum Gasteiger partial charge on any atom is 0.337 e. The van der Waals surface area contributed by atoms with E-state index in [1.807, 2.05) is 49.3 Å². The fourth-order valence-electron chi connectivity index (χ4n) is 3.87. The first-order valence-corrected chi connectivity index (χ1v) is 11.8. The topological polar surface area (TPSA) is 109 Å². The molecular weight excluding hydrogens is 491 g/mol. The number of ether oxygens (including phenoxy) is 1. The molecule has 0 unspecified atom stereocenters. The van der Waals surface area contributed by atoms with Gasteiger partial charge in [-0.3, -0.25) is 14.4 Å². The maximum absolute atomic E-state index is 14.9. The summed E-state index contributed by atoms with van der Waals surface area (Å²) in [6, 6.07) is 17.9. The van der Waals surface area contributed by atoms with Gasteiger partial charge < -0.3 is 20.3 Å². The average molecular weight is 519 g/mol. The van der Waals surface area contributed by atoms with Gasteiger partial charge in [0.15, 0.2) is 0 Å². The van der Waals surface area contributed by atoms with Gasteiger partial charge in [0.25, 0.3) is 11.8 Å². The predicted molar refractivity (Wildman–Crippen MR) is 142 cm³/mol. The molecule has 9 nitrogen and oxygen atoms in total. The molecule has 0 spiro atoms. The number of anilines is 2. The molecule has 0 radical (unpaired) electrons. The van der Waals surface area contributed by atoms with Crippen molar-refractivity contribution in [3.05, 3.63) is 94.8 Å². The lowest BCUT2D eigenvalue weighted by Gasteiger charge is -2.16. The second kappa shape index (κ2) is 11.7. The number of fused-ring (bicyclic) bond motifs is 1. The number of halogens is 1. The van der Waals surface area contributed by atoms with Crippen molar-refractivity contribution in [2.24, 2.45) is 0 Å². The Morgan fingerprint density at radius 3 is 2.45 bits per heavy atom. The molecule has 0 atom stereocenters. The van der Waals surface area contributed by atoms with Gasteiger partial charge in [-0.05, 0) is 50.0 Å². The van der Waals surface area contributed by atoms with Gasteiger partial charge in [0.05, 0.1) is 41.8 Å². The van der Waals surface area contributed by atoms with Crippen LogP contribution in [0.4, 0.5) is 15.8 Å². The number of carbonyl (C=O) groups is 3. The van der Waals surface area contributed by atoms with Crippen LogP contribution in [-0.2, 0) is 14.4 Å². The number of hydrogen-bond donors (Lipinski definition) is 3. The largest absolute Gasteiger partial charge is 0.465 e. The molecule has 1 aliphatic rings. The maximum atomic E-state index is 14.9. The van der Waals surface area contributed by atoms with Crippen LogP contribution in [0.1, 0.15) is 31.8 Å². The lowest BCUT2D eigenvalue weighted by molar-refractivity contribution is -0.110. The lowest BCUT2D eigenvalue weighted by Crippen LogP contribution is -2.28. The van der Waals surface area contributed by atoms with Crippen LogP contribution in [0.2, 0.25) is 0 Å². The van der Waals surface area contributed by atoms with Gasteiger partial charge in [-0.15, -0.1) is 0 Å². The summed E-state index contributed by atoms with van der Waals surface area (Å²) in [6.07, 6.45) is 0. The number of esters is 1. The zero-order chi connectivity index (χ0) is 27.2. The van der Waals surface area contributed by atoms with E-state index in [-0.39, 0.29) is 18.1 Å². The number of likely N-dealkylation sites (N-methyl/N-ethyl adjacent to an activating group) is 1. The molecule has 1 aliphatic heterocycles. The summed E-state index contributed by atoms with van der Waals surface area (Å²) in [5.74, 6) is -2.39. The molecule has 0 saturated heterocycles. The van der Waals surface area contributed by atoms with Gasteiger partial charge in [0.1, 0.15) is 5.82 Å². The van der Waals surface area contributed by atoms with Gasteiger partial charge in [-0.25, -0.2) is 14.7 Å². The standard InChI is InChI=1S/C28H27FN4O5/c1-33(2)13-14-38-32-26(34)20-12-10-19(16-22(20)29)30-25(17-7-5-4-6-8-17)24-21-11-9-18(28(36)37-3)15-23(21)31-27(24)35/h4-12,15-16,30H,13-14H2,1-3H3,(H,31,35)(H,32,34)/b25-24-. The minimum absolute atomic E-state index is 0.186. The van der Waals surface area contributed by atoms with Crippen molar-refractivity contribution in [3.8, 4) is 0 Å². The number of nitrogens with zero attached hydrogens (tertiary/aromatic N) is 1. The summed E-state index contributed by atoms with van der Waals surface area (Å²) in [6.45, 7) is 0.835. The van der Waals surface area contributed by atoms with Gasteiger partial charge in [-0.2, -0.15) is 0 Å². The Labute approximate surface area is 219 Å². The molecule has 3 N–H and O–H groups in total. The van der Waals surface area contributed by atoms with E-state index < -0.39 is 17.7 Å². The predicted octanol–water partition coefficient (Wildman–Crippen LogP) is 3.77. The third-order valence-electron chi connectivity index (χ3n) is 5.79. The highest BCUT2D eigenvalue weighted by Crippen LogP contribution is 2.38. The normalized spacial score (nSPS) is 13.6. The van der Waals surface area contributed by atoms with E-state index in [0.29, 0.717) is 45.9 Å². The molecule has 2 amide bonds. The molecule has 10 heteroatoms. The molecule has 1 heterocycles. The Morgan fingerprint density at radius 2 is 1.76 bits per heavy atom. The van der Waals surface area contributed by atoms with Crippen molar-refractivity contribution in [3.63, 3.8) is 0 Å². The van der Waals surface area contributed by atoms with E-state index in [4.69, 9.17) is 9.57 Å². The van der Waals surface area contributed by atoms with Gasteiger partial charge >= 0.3 is 5.97 Å². The van der Waals surface area contributed by atoms with Gasteiger partial charge in [0, 0.05) is 17.8 Å². The number of benzene rings is 3. The first kappa shape index (κ1) is 26.5. The van der Waals surface area contributed by atoms with Crippen LogP contribution in [0.3, 0.4) is 0 Å². The van der Waals surface area contributed by atoms with E-state index in [2.05, 4.69) is 16.1 Å². The highest BCUT2D eigenvalue weighted by molar-refractivity contribution is 6.37. The van der Waals surface area contributed by atoms with E-state index in [1.54, 1.807) is 18.2 Å². The summed E-state index contributed by atoms with van der Waals surface area (Å²) >= 11 is 0. The fourth-order valence-corrected chi connectivity index (χ4v) is 3.87. The summed E-state index contributed by atoms with van der Waals surface area (Å²) < 4.78 is 19.7. The van der Waals surface area contributed by atoms with Crippen LogP contribution in [0.5, 0.6) is 0 Å². The van der Waals surface area contributed by atoms with Crippen molar-refractivity contribution >= 4 is 40.4 Å². The van der Waals surface area contributed by atoms with Crippen molar-refractivity contribution in [1.82, 2.24) is 10.4 Å². The number of amides is 2. The number of rotatable bonds is 9. The monoisotopic (exact) mass is 518 g/mol. The van der Waals surface area contributed by atoms with Gasteiger partial charge in [-0.1, -0.05) is 36.4 Å². The van der Waals surface area contributed by atoms with E-state index in [1.165, 1.54) is 25.3 Å². The number of nitrogens with one attached hydrogen (secondary N) is 3. The number of methoxy groups -OCH3 is 1. The first-order valence-electron chi connectivity index (χ1n) is 11.8. The van der Waals surface area contributed by atoms with Crippen LogP contribution in [0.25, 0.3) is 11.3 Å². The summed E-state index contributed by atoms with van der Waals surface area (Å²) in [4.78, 5) is 44.4. The number of hydroxylamine groups is 1. The van der Waals surface area contributed by atoms with E-state index >= 15 is 0 Å². The zero-order valence-electron chi connectivity index (χ0n) is 21.1. The molecule has 196 valence electrons. The Kier molecular flexibility index (Phi) is 8.15. The number of carbonyl (C=O) groups excluding carboxylic acids is 3. The van der Waals surface area contributed by atoms with Crippen LogP contribution >= 0.6 is 0 Å². The minimum atomic E-state index is -0.764. The second-order valence-electron chi connectivity index (χ2n) is 8.72. The third-order valence-corrected chi connectivity index (χ3v) is 5.79. The molecule has 4 rings (SSSR count). The van der Waals surface area contributed by atoms with Crippen LogP contribution in [0.15, 0.2) is 66.7 Å². The fraction of sp³-hybridized carbons (Fsp3) is 0.179. The first-order chi connectivity index (χ1) is 18.3. The molecule has 38 heavy (non-hydrogen) atoms. The van der Waals surface area contributed by atoms with Gasteiger partial charge in [0.2, 0.25) is 0 Å². The molecule has 3 aromatic rings. The molecule has 0 bridgehead atoms. The molecule has 3 aromatic carbocycles. The van der Waals surface area contributed by atoms with Crippen molar-refractivity contribution < 1.29 is 28.3 Å². The third kappa shape index (κ3) is 5.88. The summed E-state index contributed by atoms with van der Waals surface area (Å²) in [5.41, 5.74) is 5.12. The van der Waals surface area contributed by atoms with Crippen LogP contribution in [0, 0.1) is 5.82 Å². The highest BCUT2D eigenvalue weighted by Gasteiger charge is 2.29. The van der Waals surface area contributed by atoms with E-state index in [0.717, 1.165) is 0 Å². The molecule has 0 aromatic heterocycles. The van der Waals surface area contributed by atoms with Crippen molar-refractivity contribution in [2.45, 2.75) is 0 Å². The zero-order valence-corrected chi connectivity index (χ0v) is 21.1. The van der Waals surface area contributed by atoms with Crippen molar-refractivity contribution in [1.29, 1.82) is 0 Å².